The van der Waals surface area contributed by atoms with E-state index in [2.05, 4.69) is 20.8 Å². The predicted molar refractivity (Wildman–Crippen MR) is 153 cm³/mol. The standard InChI is InChI=1S/C32H36N2O4/c1-8-38-25-17-10-21(11-18-25)28-27(29(35)26-19-22(32(3,4)5)12-9-20(26)2)30(36)31(37)34(28)24-15-13-23(14-16-24)33(6)7/h9-19,28,35H,8H2,1-7H3/b29-27+. The van der Waals surface area contributed by atoms with Crippen molar-refractivity contribution >= 4 is 28.8 Å². The Bertz CT molecular complexity index is 1380. The summed E-state index contributed by atoms with van der Waals surface area (Å²) in [5.41, 5.74) is 4.57. The summed E-state index contributed by atoms with van der Waals surface area (Å²) < 4.78 is 5.60. The second kappa shape index (κ2) is 10.4. The van der Waals surface area contributed by atoms with Crippen LogP contribution in [-0.2, 0) is 15.0 Å². The molecule has 38 heavy (non-hydrogen) atoms. The Morgan fingerprint density at radius 3 is 2.16 bits per heavy atom. The Kier molecular flexibility index (Phi) is 7.36. The lowest BCUT2D eigenvalue weighted by Gasteiger charge is -2.26. The quantitative estimate of drug-likeness (QED) is 0.236. The Hall–Kier alpha value is -4.06. The summed E-state index contributed by atoms with van der Waals surface area (Å²) in [6, 6.07) is 19.9. The highest BCUT2D eigenvalue weighted by Crippen LogP contribution is 2.43. The molecule has 0 saturated carbocycles. The van der Waals surface area contributed by atoms with Crippen LogP contribution in [0.4, 0.5) is 11.4 Å². The average Bonchev–Trinajstić information content (AvgIpc) is 3.14. The molecule has 0 spiro atoms. The van der Waals surface area contributed by atoms with Crippen LogP contribution in [0.15, 0.2) is 72.3 Å². The van der Waals surface area contributed by atoms with Crippen LogP contribution in [-0.4, -0.2) is 37.5 Å². The molecule has 1 amide bonds. The molecule has 1 heterocycles. The van der Waals surface area contributed by atoms with Crippen LogP contribution in [0, 0.1) is 6.92 Å². The third-order valence-corrected chi connectivity index (χ3v) is 6.95. The number of benzene rings is 3. The molecule has 1 fully saturated rings. The Labute approximate surface area is 225 Å². The molecule has 3 aromatic rings. The molecule has 198 valence electrons. The van der Waals surface area contributed by atoms with E-state index in [4.69, 9.17) is 4.74 Å². The molecule has 0 bridgehead atoms. The van der Waals surface area contributed by atoms with Crippen molar-refractivity contribution in [3.05, 3.63) is 94.6 Å². The zero-order chi connectivity index (χ0) is 27.8. The van der Waals surface area contributed by atoms with Crippen LogP contribution in [0.1, 0.15) is 56.0 Å². The number of amides is 1. The third kappa shape index (κ3) is 5.03. The fourth-order valence-electron chi connectivity index (χ4n) is 4.73. The number of nitrogens with zero attached hydrogens (tertiary/aromatic N) is 2. The average molecular weight is 513 g/mol. The van der Waals surface area contributed by atoms with Gasteiger partial charge in [-0.25, -0.2) is 0 Å². The smallest absolute Gasteiger partial charge is 0.300 e. The summed E-state index contributed by atoms with van der Waals surface area (Å²) in [7, 11) is 3.88. The summed E-state index contributed by atoms with van der Waals surface area (Å²) in [5.74, 6) is -0.859. The van der Waals surface area contributed by atoms with E-state index in [0.29, 0.717) is 29.2 Å². The molecule has 0 aliphatic carbocycles. The van der Waals surface area contributed by atoms with Gasteiger partial charge in [0.1, 0.15) is 11.5 Å². The molecule has 1 aliphatic heterocycles. The SMILES string of the molecule is CCOc1ccc(C2/C(=C(\O)c3cc(C(C)(C)C)ccc3C)C(=O)C(=O)N2c2ccc(N(C)C)cc2)cc1. The highest BCUT2D eigenvalue weighted by Gasteiger charge is 2.47. The summed E-state index contributed by atoms with van der Waals surface area (Å²) >= 11 is 0. The number of aliphatic hydroxyl groups is 1. The van der Waals surface area contributed by atoms with Gasteiger partial charge in [0.05, 0.1) is 18.2 Å². The lowest BCUT2D eigenvalue weighted by molar-refractivity contribution is -0.132. The van der Waals surface area contributed by atoms with Crippen molar-refractivity contribution in [2.75, 3.05) is 30.5 Å². The second-order valence-electron chi connectivity index (χ2n) is 10.9. The monoisotopic (exact) mass is 512 g/mol. The number of ether oxygens (including phenoxy) is 1. The molecule has 1 saturated heterocycles. The van der Waals surface area contributed by atoms with E-state index in [9.17, 15) is 14.7 Å². The third-order valence-electron chi connectivity index (χ3n) is 6.95. The van der Waals surface area contributed by atoms with E-state index >= 15 is 0 Å². The van der Waals surface area contributed by atoms with Crippen molar-refractivity contribution in [1.82, 2.24) is 0 Å². The van der Waals surface area contributed by atoms with Crippen molar-refractivity contribution in [1.29, 1.82) is 0 Å². The second-order valence-corrected chi connectivity index (χ2v) is 10.9. The molecule has 1 unspecified atom stereocenters. The van der Waals surface area contributed by atoms with E-state index in [0.717, 1.165) is 16.8 Å². The lowest BCUT2D eigenvalue weighted by atomic mass is 9.84. The summed E-state index contributed by atoms with van der Waals surface area (Å²) in [6.45, 7) is 10.6. The van der Waals surface area contributed by atoms with E-state index in [1.807, 2.05) is 99.6 Å². The molecule has 0 radical (unpaired) electrons. The first-order chi connectivity index (χ1) is 17.9. The van der Waals surface area contributed by atoms with Gasteiger partial charge in [0.15, 0.2) is 0 Å². The fraction of sp³-hybridized carbons (Fsp3) is 0.312. The Morgan fingerprint density at radius 2 is 1.61 bits per heavy atom. The number of hydrogen-bond acceptors (Lipinski definition) is 5. The highest BCUT2D eigenvalue weighted by molar-refractivity contribution is 6.51. The Morgan fingerprint density at radius 1 is 0.974 bits per heavy atom. The molecular formula is C32H36N2O4. The molecule has 3 aromatic carbocycles. The summed E-state index contributed by atoms with van der Waals surface area (Å²) in [6.07, 6.45) is 0. The van der Waals surface area contributed by atoms with Gasteiger partial charge in [-0.05, 0) is 78.4 Å². The van der Waals surface area contributed by atoms with Crippen molar-refractivity contribution in [2.24, 2.45) is 0 Å². The van der Waals surface area contributed by atoms with E-state index in [1.165, 1.54) is 4.90 Å². The van der Waals surface area contributed by atoms with Crippen molar-refractivity contribution in [2.45, 2.75) is 46.1 Å². The maximum atomic E-state index is 13.6. The maximum Gasteiger partial charge on any atom is 0.300 e. The lowest BCUT2D eigenvalue weighted by Crippen LogP contribution is -2.29. The molecule has 4 rings (SSSR count). The van der Waals surface area contributed by atoms with Crippen LogP contribution >= 0.6 is 0 Å². The summed E-state index contributed by atoms with van der Waals surface area (Å²) in [5, 5.41) is 11.7. The van der Waals surface area contributed by atoms with Crippen molar-refractivity contribution in [3.8, 4) is 5.75 Å². The zero-order valence-electron chi connectivity index (χ0n) is 23.2. The maximum absolute atomic E-state index is 13.6. The normalized spacial score (nSPS) is 17.1. The number of Topliss-reactive ketones (excluding diaryl/α,β-unsaturated/α-hetero) is 1. The van der Waals surface area contributed by atoms with Gasteiger partial charge in [0.25, 0.3) is 11.7 Å². The number of carbonyl (C=O) groups excluding carboxylic acids is 2. The molecule has 1 atom stereocenters. The number of ketones is 1. The van der Waals surface area contributed by atoms with Crippen LogP contribution in [0.5, 0.6) is 5.75 Å². The number of carbonyl (C=O) groups is 2. The zero-order valence-corrected chi connectivity index (χ0v) is 23.2. The van der Waals surface area contributed by atoms with Gasteiger partial charge >= 0.3 is 0 Å². The molecule has 6 nitrogen and oxygen atoms in total. The van der Waals surface area contributed by atoms with E-state index in [-0.39, 0.29) is 16.7 Å². The van der Waals surface area contributed by atoms with Gasteiger partial charge in [-0.1, -0.05) is 45.0 Å². The van der Waals surface area contributed by atoms with E-state index < -0.39 is 17.7 Å². The van der Waals surface area contributed by atoms with Crippen molar-refractivity contribution < 1.29 is 19.4 Å². The number of anilines is 2. The molecule has 1 N–H and O–H groups in total. The number of rotatable bonds is 6. The van der Waals surface area contributed by atoms with Gasteiger partial charge in [-0.15, -0.1) is 0 Å². The van der Waals surface area contributed by atoms with Gasteiger partial charge < -0.3 is 14.7 Å². The highest BCUT2D eigenvalue weighted by atomic mass is 16.5. The first kappa shape index (κ1) is 27.0. The minimum absolute atomic E-state index is 0.0741. The molecule has 6 heteroatoms. The van der Waals surface area contributed by atoms with Gasteiger partial charge in [0.2, 0.25) is 0 Å². The van der Waals surface area contributed by atoms with Crippen LogP contribution in [0.2, 0.25) is 0 Å². The number of aliphatic hydroxyl groups excluding tert-OH is 1. The number of aryl methyl sites for hydroxylation is 1. The van der Waals surface area contributed by atoms with Crippen molar-refractivity contribution in [3.63, 3.8) is 0 Å². The largest absolute Gasteiger partial charge is 0.507 e. The fourth-order valence-corrected chi connectivity index (χ4v) is 4.73. The van der Waals surface area contributed by atoms with Gasteiger partial charge in [-0.2, -0.15) is 0 Å². The summed E-state index contributed by atoms with van der Waals surface area (Å²) in [4.78, 5) is 30.6. The number of hydrogen-bond donors (Lipinski definition) is 1. The Balaban J connectivity index is 1.93. The molecule has 1 aliphatic rings. The minimum atomic E-state index is -0.798. The van der Waals surface area contributed by atoms with Crippen LogP contribution < -0.4 is 14.5 Å². The molecule has 0 aromatic heterocycles. The first-order valence-corrected chi connectivity index (χ1v) is 12.9. The van der Waals surface area contributed by atoms with Crippen LogP contribution in [0.3, 0.4) is 0 Å². The predicted octanol–water partition coefficient (Wildman–Crippen LogP) is 6.38. The first-order valence-electron chi connectivity index (χ1n) is 12.9. The van der Waals surface area contributed by atoms with Crippen LogP contribution in [0.25, 0.3) is 5.76 Å². The van der Waals surface area contributed by atoms with Gasteiger partial charge in [-0.3, -0.25) is 14.5 Å². The topological polar surface area (TPSA) is 70.1 Å². The van der Waals surface area contributed by atoms with E-state index in [1.54, 1.807) is 0 Å². The molecular weight excluding hydrogens is 476 g/mol. The van der Waals surface area contributed by atoms with Gasteiger partial charge in [0, 0.05) is 31.0 Å². The minimum Gasteiger partial charge on any atom is -0.507 e.